The fourth-order valence-corrected chi connectivity index (χ4v) is 3.33. The second-order valence-corrected chi connectivity index (χ2v) is 6.21. The van der Waals surface area contributed by atoms with Gasteiger partial charge in [-0.1, -0.05) is 18.0 Å². The highest BCUT2D eigenvalue weighted by Crippen LogP contribution is 2.28. The van der Waals surface area contributed by atoms with Crippen LogP contribution in [0.1, 0.15) is 32.2 Å². The van der Waals surface area contributed by atoms with Gasteiger partial charge in [-0.05, 0) is 38.9 Å². The van der Waals surface area contributed by atoms with E-state index in [1.807, 2.05) is 4.57 Å². The zero-order chi connectivity index (χ0) is 15.0. The quantitative estimate of drug-likeness (QED) is 0.944. The summed E-state index contributed by atoms with van der Waals surface area (Å²) in [7, 11) is 0. The Morgan fingerprint density at radius 3 is 2.76 bits per heavy atom. The van der Waals surface area contributed by atoms with E-state index < -0.39 is 5.82 Å². The summed E-state index contributed by atoms with van der Waals surface area (Å²) in [5.74, 6) is -0.0475. The van der Waals surface area contributed by atoms with Crippen LogP contribution in [0.2, 0.25) is 5.02 Å². The van der Waals surface area contributed by atoms with Crippen molar-refractivity contribution < 1.29 is 4.39 Å². The van der Waals surface area contributed by atoms with E-state index in [4.69, 9.17) is 17.3 Å². The topological polar surface area (TPSA) is 47.1 Å². The lowest BCUT2D eigenvalue weighted by atomic mass is 10.1. The zero-order valence-electron chi connectivity index (χ0n) is 12.1. The van der Waals surface area contributed by atoms with Crippen LogP contribution in [0.15, 0.2) is 12.1 Å². The number of piperidine rings is 1. The van der Waals surface area contributed by atoms with Gasteiger partial charge < -0.3 is 15.2 Å². The summed E-state index contributed by atoms with van der Waals surface area (Å²) >= 11 is 5.90. The van der Waals surface area contributed by atoms with Gasteiger partial charge in [0.15, 0.2) is 0 Å². The van der Waals surface area contributed by atoms with Crippen molar-refractivity contribution in [1.29, 1.82) is 0 Å². The Morgan fingerprint density at radius 1 is 1.33 bits per heavy atom. The minimum absolute atomic E-state index is 0.105. The van der Waals surface area contributed by atoms with Crippen molar-refractivity contribution in [3.63, 3.8) is 0 Å². The molecule has 0 amide bonds. The van der Waals surface area contributed by atoms with Crippen molar-refractivity contribution >= 4 is 28.6 Å². The van der Waals surface area contributed by atoms with Gasteiger partial charge in [-0.15, -0.1) is 0 Å². The predicted molar refractivity (Wildman–Crippen MR) is 84.1 cm³/mol. The lowest BCUT2D eigenvalue weighted by molar-refractivity contribution is 0.204. The molecule has 2 heterocycles. The monoisotopic (exact) mass is 310 g/mol. The van der Waals surface area contributed by atoms with Gasteiger partial charge in [0, 0.05) is 18.7 Å². The predicted octanol–water partition coefficient (Wildman–Crippen LogP) is 3.46. The number of anilines is 1. The first-order chi connectivity index (χ1) is 10.1. The van der Waals surface area contributed by atoms with Gasteiger partial charge in [0.1, 0.15) is 5.82 Å². The minimum atomic E-state index is -0.461. The molecule has 0 spiro atoms. The highest BCUT2D eigenvalue weighted by atomic mass is 35.5. The maximum absolute atomic E-state index is 13.5. The van der Waals surface area contributed by atoms with Crippen LogP contribution in [0, 0.1) is 5.82 Å². The Bertz CT molecular complexity index is 649. The SMILES string of the molecule is CC(CN1CCCCC1)n1c(N)nc2cc(F)c(Cl)cc21. The summed E-state index contributed by atoms with van der Waals surface area (Å²) in [5, 5.41) is 0.105. The maximum atomic E-state index is 13.5. The molecule has 0 saturated carbocycles. The summed E-state index contributed by atoms with van der Waals surface area (Å²) in [6.45, 7) is 5.30. The van der Waals surface area contributed by atoms with E-state index in [0.29, 0.717) is 11.5 Å². The summed E-state index contributed by atoms with van der Waals surface area (Å²) in [4.78, 5) is 6.70. The van der Waals surface area contributed by atoms with Crippen LogP contribution >= 0.6 is 11.6 Å². The highest BCUT2D eigenvalue weighted by Gasteiger charge is 2.19. The average Bonchev–Trinajstić information content (AvgIpc) is 2.75. The van der Waals surface area contributed by atoms with Crippen molar-refractivity contribution in [2.24, 2.45) is 0 Å². The molecule has 21 heavy (non-hydrogen) atoms. The molecule has 1 aromatic carbocycles. The zero-order valence-corrected chi connectivity index (χ0v) is 12.9. The molecule has 2 N–H and O–H groups in total. The van der Waals surface area contributed by atoms with Crippen molar-refractivity contribution in [2.75, 3.05) is 25.4 Å². The van der Waals surface area contributed by atoms with Crippen molar-refractivity contribution in [1.82, 2.24) is 14.5 Å². The molecule has 1 aliphatic heterocycles. The Hall–Kier alpha value is -1.33. The molecule has 1 aromatic heterocycles. The lowest BCUT2D eigenvalue weighted by Gasteiger charge is -2.30. The van der Waals surface area contributed by atoms with E-state index >= 15 is 0 Å². The lowest BCUT2D eigenvalue weighted by Crippen LogP contribution is -2.34. The number of likely N-dealkylation sites (tertiary alicyclic amines) is 1. The van der Waals surface area contributed by atoms with Gasteiger partial charge in [-0.25, -0.2) is 9.37 Å². The fraction of sp³-hybridized carbons (Fsp3) is 0.533. The van der Waals surface area contributed by atoms with Gasteiger partial charge in [-0.2, -0.15) is 0 Å². The number of aromatic nitrogens is 2. The van der Waals surface area contributed by atoms with Crippen LogP contribution in [-0.2, 0) is 0 Å². The minimum Gasteiger partial charge on any atom is -0.369 e. The summed E-state index contributed by atoms with van der Waals surface area (Å²) < 4.78 is 15.5. The van der Waals surface area contributed by atoms with Crippen molar-refractivity contribution in [3.05, 3.63) is 23.0 Å². The number of hydrogen-bond acceptors (Lipinski definition) is 3. The number of nitrogens with two attached hydrogens (primary N) is 1. The molecule has 2 aromatic rings. The molecule has 1 aliphatic rings. The normalized spacial score (nSPS) is 18.2. The Balaban J connectivity index is 1.91. The molecule has 1 fully saturated rings. The van der Waals surface area contributed by atoms with Gasteiger partial charge >= 0.3 is 0 Å². The molecule has 0 aliphatic carbocycles. The molecular formula is C15H20ClFN4. The molecule has 4 nitrogen and oxygen atoms in total. The van der Waals surface area contributed by atoms with Crippen molar-refractivity contribution in [3.8, 4) is 0 Å². The summed E-state index contributed by atoms with van der Waals surface area (Å²) in [6, 6.07) is 3.13. The van der Waals surface area contributed by atoms with Crippen molar-refractivity contribution in [2.45, 2.75) is 32.2 Å². The summed E-state index contributed by atoms with van der Waals surface area (Å²) in [6.07, 6.45) is 3.82. The molecular weight excluding hydrogens is 291 g/mol. The van der Waals surface area contributed by atoms with Gasteiger partial charge in [0.25, 0.3) is 0 Å². The number of rotatable bonds is 3. The number of imidazole rings is 1. The third-order valence-corrected chi connectivity index (χ3v) is 4.46. The number of halogens is 2. The van der Waals surface area contributed by atoms with Crippen LogP contribution in [-0.4, -0.2) is 34.1 Å². The average molecular weight is 311 g/mol. The first kappa shape index (κ1) is 14.6. The molecule has 1 saturated heterocycles. The van der Waals surface area contributed by atoms with E-state index in [0.717, 1.165) is 25.2 Å². The maximum Gasteiger partial charge on any atom is 0.201 e. The Morgan fingerprint density at radius 2 is 2.05 bits per heavy atom. The molecule has 6 heteroatoms. The van der Waals surface area contributed by atoms with E-state index in [-0.39, 0.29) is 11.1 Å². The third kappa shape index (κ3) is 2.85. The molecule has 3 rings (SSSR count). The molecule has 114 valence electrons. The van der Waals surface area contributed by atoms with Gasteiger partial charge in [0.05, 0.1) is 16.1 Å². The van der Waals surface area contributed by atoms with E-state index in [1.165, 1.54) is 25.3 Å². The number of nitrogens with zero attached hydrogens (tertiary/aromatic N) is 3. The highest BCUT2D eigenvalue weighted by molar-refractivity contribution is 6.31. The number of fused-ring (bicyclic) bond motifs is 1. The smallest absolute Gasteiger partial charge is 0.201 e. The first-order valence-corrected chi connectivity index (χ1v) is 7.79. The van der Waals surface area contributed by atoms with Crippen LogP contribution in [0.4, 0.5) is 10.3 Å². The van der Waals surface area contributed by atoms with Crippen LogP contribution in [0.25, 0.3) is 11.0 Å². The molecule has 1 unspecified atom stereocenters. The number of nitrogen functional groups attached to an aromatic ring is 1. The standard InChI is InChI=1S/C15H20ClFN4/c1-10(9-20-5-3-2-4-6-20)21-14-7-11(16)12(17)8-13(14)19-15(21)18/h7-8,10H,2-6,9H2,1H3,(H2,18,19). The first-order valence-electron chi connectivity index (χ1n) is 7.41. The molecule has 0 bridgehead atoms. The Kier molecular flexibility index (Phi) is 4.04. The fourth-order valence-electron chi connectivity index (χ4n) is 3.17. The second-order valence-electron chi connectivity index (χ2n) is 5.81. The Labute approximate surface area is 128 Å². The molecule has 0 radical (unpaired) electrons. The third-order valence-electron chi connectivity index (χ3n) is 4.17. The molecule has 1 atom stereocenters. The second kappa shape index (κ2) is 5.81. The van der Waals surface area contributed by atoms with Crippen LogP contribution in [0.5, 0.6) is 0 Å². The van der Waals surface area contributed by atoms with Gasteiger partial charge in [-0.3, -0.25) is 0 Å². The van der Waals surface area contributed by atoms with Crippen LogP contribution < -0.4 is 5.73 Å². The van der Waals surface area contributed by atoms with Gasteiger partial charge in [0.2, 0.25) is 5.95 Å². The van der Waals surface area contributed by atoms with E-state index in [1.54, 1.807) is 6.07 Å². The van der Waals surface area contributed by atoms with Crippen LogP contribution in [0.3, 0.4) is 0 Å². The number of hydrogen-bond donors (Lipinski definition) is 1. The van der Waals surface area contributed by atoms with E-state index in [2.05, 4.69) is 16.8 Å². The largest absolute Gasteiger partial charge is 0.369 e. The van der Waals surface area contributed by atoms with E-state index in [9.17, 15) is 4.39 Å². The number of benzene rings is 1. The summed E-state index contributed by atoms with van der Waals surface area (Å²) in [5.41, 5.74) is 7.38.